The highest BCUT2D eigenvalue weighted by Gasteiger charge is 2.20. The molecule has 1 aliphatic rings. The monoisotopic (exact) mass is 226 g/mol. The van der Waals surface area contributed by atoms with Gasteiger partial charge in [-0.25, -0.2) is 4.98 Å². The molecule has 5 nitrogen and oxygen atoms in total. The molecule has 1 aromatic heterocycles. The summed E-state index contributed by atoms with van der Waals surface area (Å²) in [5.74, 6) is 0.177. The molecule has 2 rings (SSSR count). The van der Waals surface area contributed by atoms with Crippen LogP contribution in [0.15, 0.2) is 0 Å². The molecule has 1 saturated heterocycles. The number of aromatic nitrogens is 1. The third kappa shape index (κ3) is 1.90. The van der Waals surface area contributed by atoms with Gasteiger partial charge in [-0.05, 0) is 12.8 Å². The van der Waals surface area contributed by atoms with E-state index >= 15 is 0 Å². The topological polar surface area (TPSA) is 71.2 Å². The Balaban J connectivity index is 2.23. The predicted molar refractivity (Wildman–Crippen MR) is 61.4 cm³/mol. The van der Waals surface area contributed by atoms with Gasteiger partial charge in [-0.3, -0.25) is 4.79 Å². The molecule has 1 aromatic rings. The molecule has 0 radical (unpaired) electrons. The van der Waals surface area contributed by atoms with Crippen LogP contribution < -0.4 is 16.0 Å². The number of anilines is 2. The molecular weight excluding hydrogens is 212 g/mol. The molecule has 0 atom stereocenters. The summed E-state index contributed by atoms with van der Waals surface area (Å²) in [6.45, 7) is 2.03. The molecule has 1 aliphatic heterocycles. The van der Waals surface area contributed by atoms with E-state index in [1.165, 1.54) is 24.2 Å². The first-order valence-electron chi connectivity index (χ1n) is 4.95. The zero-order valence-corrected chi connectivity index (χ0v) is 9.43. The number of nitrogens with one attached hydrogen (secondary N) is 1. The molecule has 6 heteroatoms. The number of rotatable bonds is 2. The quantitative estimate of drug-likeness (QED) is 0.778. The van der Waals surface area contributed by atoms with Crippen LogP contribution in [0.1, 0.15) is 22.5 Å². The number of nitrogens with zero attached hydrogens (tertiary/aromatic N) is 2. The van der Waals surface area contributed by atoms with Gasteiger partial charge in [0, 0.05) is 20.1 Å². The first kappa shape index (κ1) is 10.2. The van der Waals surface area contributed by atoms with Crippen LogP contribution in [-0.4, -0.2) is 31.0 Å². The van der Waals surface area contributed by atoms with Crippen molar-refractivity contribution in [2.24, 2.45) is 0 Å². The molecule has 15 heavy (non-hydrogen) atoms. The Bertz CT molecular complexity index is 370. The van der Waals surface area contributed by atoms with E-state index in [4.69, 9.17) is 5.73 Å². The molecule has 0 aliphatic carbocycles. The van der Waals surface area contributed by atoms with Gasteiger partial charge < -0.3 is 16.0 Å². The van der Waals surface area contributed by atoms with Crippen LogP contribution in [0.2, 0.25) is 0 Å². The molecule has 82 valence electrons. The van der Waals surface area contributed by atoms with Gasteiger partial charge in [0.15, 0.2) is 5.13 Å². The second-order valence-electron chi connectivity index (χ2n) is 3.48. The molecule has 3 N–H and O–H groups in total. The zero-order chi connectivity index (χ0) is 10.8. The molecule has 1 amide bonds. The lowest BCUT2D eigenvalue weighted by molar-refractivity contribution is 0.0968. The Morgan fingerprint density at radius 1 is 1.53 bits per heavy atom. The van der Waals surface area contributed by atoms with Gasteiger partial charge in [0.25, 0.3) is 5.91 Å². The number of amides is 1. The molecule has 1 fully saturated rings. The van der Waals surface area contributed by atoms with Crippen LogP contribution in [0.3, 0.4) is 0 Å². The molecular formula is C9H14N4OS. The Hall–Kier alpha value is -1.30. The van der Waals surface area contributed by atoms with Crippen molar-refractivity contribution in [2.75, 3.05) is 30.8 Å². The maximum absolute atomic E-state index is 11.4. The fourth-order valence-corrected chi connectivity index (χ4v) is 2.62. The van der Waals surface area contributed by atoms with Gasteiger partial charge in [0.2, 0.25) is 0 Å². The fraction of sp³-hybridized carbons (Fsp3) is 0.556. The Morgan fingerprint density at radius 3 is 2.80 bits per heavy atom. The van der Waals surface area contributed by atoms with Crippen molar-refractivity contribution in [2.45, 2.75) is 12.8 Å². The number of carbonyl (C=O) groups excluding carboxylic acids is 1. The molecule has 0 aromatic carbocycles. The van der Waals surface area contributed by atoms with E-state index in [0.29, 0.717) is 10.7 Å². The number of carbonyl (C=O) groups is 1. The lowest BCUT2D eigenvalue weighted by Crippen LogP contribution is -2.17. The predicted octanol–water partition coefficient (Wildman–Crippen LogP) is 0.685. The number of nitrogens with two attached hydrogens (primary N) is 1. The second-order valence-corrected chi connectivity index (χ2v) is 4.46. The van der Waals surface area contributed by atoms with Gasteiger partial charge in [0.05, 0.1) is 0 Å². The van der Waals surface area contributed by atoms with E-state index in [-0.39, 0.29) is 5.91 Å². The smallest absolute Gasteiger partial charge is 0.265 e. The summed E-state index contributed by atoms with van der Waals surface area (Å²) in [6, 6.07) is 0. The first-order chi connectivity index (χ1) is 7.22. The summed E-state index contributed by atoms with van der Waals surface area (Å²) in [5, 5.41) is 3.42. The molecule has 0 spiro atoms. The van der Waals surface area contributed by atoms with Gasteiger partial charge in [-0.2, -0.15) is 0 Å². The van der Waals surface area contributed by atoms with E-state index < -0.39 is 0 Å². The minimum absolute atomic E-state index is 0.157. The van der Waals surface area contributed by atoms with E-state index in [1.807, 2.05) is 0 Å². The molecule has 0 unspecified atom stereocenters. The average molecular weight is 226 g/mol. The molecule has 0 bridgehead atoms. The average Bonchev–Trinajstić information content (AvgIpc) is 2.84. The summed E-state index contributed by atoms with van der Waals surface area (Å²) in [5.41, 5.74) is 5.70. The largest absolute Gasteiger partial charge is 0.382 e. The second kappa shape index (κ2) is 4.06. The maximum Gasteiger partial charge on any atom is 0.265 e. The van der Waals surface area contributed by atoms with Crippen molar-refractivity contribution in [1.29, 1.82) is 0 Å². The Morgan fingerprint density at radius 2 is 2.20 bits per heavy atom. The van der Waals surface area contributed by atoms with E-state index in [1.54, 1.807) is 7.05 Å². The lowest BCUT2D eigenvalue weighted by Gasteiger charge is -2.11. The molecule has 0 saturated carbocycles. The summed E-state index contributed by atoms with van der Waals surface area (Å²) in [4.78, 5) is 18.3. The van der Waals surface area contributed by atoms with Crippen LogP contribution in [0, 0.1) is 0 Å². The summed E-state index contributed by atoms with van der Waals surface area (Å²) < 4.78 is 0. The standard InChI is InChI=1S/C9H14N4OS/c1-11-8(14)6-7(10)12-9(15-6)13-4-2-3-5-13/h2-5,10H2,1H3,(H,11,14). The number of thiazole rings is 1. The summed E-state index contributed by atoms with van der Waals surface area (Å²) in [6.07, 6.45) is 2.38. The number of hydrogen-bond donors (Lipinski definition) is 2. The van der Waals surface area contributed by atoms with Gasteiger partial charge in [0.1, 0.15) is 10.7 Å². The van der Waals surface area contributed by atoms with Crippen molar-refractivity contribution < 1.29 is 4.79 Å². The Kier molecular flexibility index (Phi) is 2.77. The first-order valence-corrected chi connectivity index (χ1v) is 5.77. The van der Waals surface area contributed by atoms with Crippen LogP contribution in [0.4, 0.5) is 10.9 Å². The summed E-state index contributed by atoms with van der Waals surface area (Å²) in [7, 11) is 1.59. The number of hydrogen-bond acceptors (Lipinski definition) is 5. The normalized spacial score (nSPS) is 15.7. The Labute approximate surface area is 92.3 Å². The van der Waals surface area contributed by atoms with Gasteiger partial charge >= 0.3 is 0 Å². The van der Waals surface area contributed by atoms with Crippen molar-refractivity contribution in [3.63, 3.8) is 0 Å². The lowest BCUT2D eigenvalue weighted by atomic mass is 10.4. The van der Waals surface area contributed by atoms with Crippen molar-refractivity contribution in [3.05, 3.63) is 4.88 Å². The van der Waals surface area contributed by atoms with Gasteiger partial charge in [-0.15, -0.1) is 0 Å². The highest BCUT2D eigenvalue weighted by Crippen LogP contribution is 2.29. The van der Waals surface area contributed by atoms with E-state index in [2.05, 4.69) is 15.2 Å². The van der Waals surface area contributed by atoms with Crippen LogP contribution in [0.25, 0.3) is 0 Å². The highest BCUT2D eigenvalue weighted by molar-refractivity contribution is 7.18. The van der Waals surface area contributed by atoms with Crippen LogP contribution in [0.5, 0.6) is 0 Å². The van der Waals surface area contributed by atoms with E-state index in [0.717, 1.165) is 18.2 Å². The highest BCUT2D eigenvalue weighted by atomic mass is 32.1. The maximum atomic E-state index is 11.4. The SMILES string of the molecule is CNC(=O)c1sc(N2CCCC2)nc1N. The number of nitrogen functional groups attached to an aromatic ring is 1. The minimum atomic E-state index is -0.157. The fourth-order valence-electron chi connectivity index (χ4n) is 1.64. The third-order valence-corrected chi connectivity index (χ3v) is 3.58. The van der Waals surface area contributed by atoms with Crippen LogP contribution >= 0.6 is 11.3 Å². The van der Waals surface area contributed by atoms with Crippen molar-refractivity contribution >= 4 is 28.2 Å². The van der Waals surface area contributed by atoms with E-state index in [9.17, 15) is 4.79 Å². The van der Waals surface area contributed by atoms with Gasteiger partial charge in [-0.1, -0.05) is 11.3 Å². The van der Waals surface area contributed by atoms with Crippen LogP contribution in [-0.2, 0) is 0 Å². The van der Waals surface area contributed by atoms with Crippen molar-refractivity contribution in [1.82, 2.24) is 10.3 Å². The molecule has 2 heterocycles. The van der Waals surface area contributed by atoms with Crippen molar-refractivity contribution in [3.8, 4) is 0 Å². The summed E-state index contributed by atoms with van der Waals surface area (Å²) >= 11 is 1.37. The third-order valence-electron chi connectivity index (χ3n) is 2.45. The minimum Gasteiger partial charge on any atom is -0.382 e. The zero-order valence-electron chi connectivity index (χ0n) is 8.62.